The van der Waals surface area contributed by atoms with Crippen LogP contribution in [0, 0.1) is 0 Å². The lowest BCUT2D eigenvalue weighted by atomic mass is 10.9. The third kappa shape index (κ3) is 2.31. The highest BCUT2D eigenvalue weighted by atomic mass is 32.1. The first-order valence-electron chi connectivity index (χ1n) is 3.40. The fraction of sp³-hybridized carbons (Fsp3) is 1.00. The Morgan fingerprint density at radius 1 is 1.33 bits per heavy atom. The smallest absolute Gasteiger partial charge is 0.201 e. The average molecular weight is 164 g/mol. The molecule has 0 aliphatic rings. The Balaban J connectivity index is 3.82. The van der Waals surface area contributed by atoms with Crippen molar-refractivity contribution in [2.45, 2.75) is 25.9 Å². The lowest BCUT2D eigenvalue weighted by Crippen LogP contribution is -2.38. The molecule has 3 heteroatoms. The Hall–Kier alpha value is 0.527. The summed E-state index contributed by atoms with van der Waals surface area (Å²) in [6.45, 7) is 4.38. The predicted octanol–water partition coefficient (Wildman–Crippen LogP) is 2.09. The molecule has 0 N–H and O–H groups in total. The van der Waals surface area contributed by atoms with Gasteiger partial charge < -0.3 is 4.43 Å². The molecule has 0 atom stereocenters. The SMILES string of the molecule is CC[Si](CC)(CS)OC. The molecule has 0 unspecified atom stereocenters. The first kappa shape index (κ1) is 9.53. The van der Waals surface area contributed by atoms with Crippen molar-refractivity contribution in [3.05, 3.63) is 0 Å². The summed E-state index contributed by atoms with van der Waals surface area (Å²) < 4.78 is 5.45. The van der Waals surface area contributed by atoms with E-state index in [1.165, 1.54) is 12.1 Å². The van der Waals surface area contributed by atoms with Crippen molar-refractivity contribution < 1.29 is 4.43 Å². The summed E-state index contributed by atoms with van der Waals surface area (Å²) in [6.07, 6.45) is 0. The summed E-state index contributed by atoms with van der Waals surface area (Å²) in [4.78, 5) is 0. The second kappa shape index (κ2) is 4.36. The standard InChI is InChI=1S/C6H16OSSi/c1-4-9(5-2,6-8)7-3/h8H,4-6H2,1-3H3. The summed E-state index contributed by atoms with van der Waals surface area (Å²) in [6, 6.07) is 2.37. The van der Waals surface area contributed by atoms with Gasteiger partial charge in [-0.25, -0.2) is 0 Å². The Labute approximate surface area is 64.3 Å². The maximum absolute atomic E-state index is 5.45. The molecular weight excluding hydrogens is 148 g/mol. The fourth-order valence-corrected chi connectivity index (χ4v) is 4.21. The van der Waals surface area contributed by atoms with Crippen LogP contribution in [0.1, 0.15) is 13.8 Å². The summed E-state index contributed by atoms with van der Waals surface area (Å²) in [5.41, 5.74) is 0. The number of hydrogen-bond acceptors (Lipinski definition) is 2. The minimum absolute atomic E-state index is 0.955. The van der Waals surface area contributed by atoms with E-state index in [1.807, 2.05) is 7.11 Å². The second-order valence-corrected chi connectivity index (χ2v) is 7.71. The summed E-state index contributed by atoms with van der Waals surface area (Å²) in [5, 5.41) is 0.955. The van der Waals surface area contributed by atoms with Gasteiger partial charge in [0.05, 0.1) is 0 Å². The monoisotopic (exact) mass is 164 g/mol. The second-order valence-electron chi connectivity index (χ2n) is 2.25. The van der Waals surface area contributed by atoms with Crippen molar-refractivity contribution in [3.63, 3.8) is 0 Å². The zero-order chi connectivity index (χ0) is 7.33. The van der Waals surface area contributed by atoms with E-state index in [0.29, 0.717) is 0 Å². The van der Waals surface area contributed by atoms with Gasteiger partial charge in [0.2, 0.25) is 8.32 Å². The average Bonchev–Trinajstić information content (AvgIpc) is 1.95. The van der Waals surface area contributed by atoms with Crippen LogP contribution < -0.4 is 0 Å². The molecular formula is C6H16OSSi. The largest absolute Gasteiger partial charge is 0.419 e. The van der Waals surface area contributed by atoms with Crippen molar-refractivity contribution in [3.8, 4) is 0 Å². The van der Waals surface area contributed by atoms with Gasteiger partial charge in [-0.2, -0.15) is 12.6 Å². The molecule has 0 fully saturated rings. The molecule has 0 bridgehead atoms. The van der Waals surface area contributed by atoms with Gasteiger partial charge in [0, 0.05) is 12.5 Å². The van der Waals surface area contributed by atoms with Gasteiger partial charge in [-0.15, -0.1) is 0 Å². The van der Waals surface area contributed by atoms with Crippen molar-refractivity contribution in [2.75, 3.05) is 12.5 Å². The molecule has 0 rings (SSSR count). The molecule has 0 heterocycles. The minimum Gasteiger partial charge on any atom is -0.419 e. The maximum atomic E-state index is 5.45. The molecule has 0 aromatic rings. The molecule has 1 nitrogen and oxygen atoms in total. The van der Waals surface area contributed by atoms with Crippen molar-refractivity contribution >= 4 is 20.9 Å². The lowest BCUT2D eigenvalue weighted by Gasteiger charge is -2.24. The van der Waals surface area contributed by atoms with Crippen LogP contribution in [-0.4, -0.2) is 20.8 Å². The van der Waals surface area contributed by atoms with Gasteiger partial charge in [-0.1, -0.05) is 13.8 Å². The van der Waals surface area contributed by atoms with E-state index in [4.69, 9.17) is 4.43 Å². The Morgan fingerprint density at radius 3 is 1.78 bits per heavy atom. The summed E-state index contributed by atoms with van der Waals surface area (Å²) in [7, 11) is 0.488. The molecule has 0 saturated heterocycles. The van der Waals surface area contributed by atoms with Crippen LogP contribution in [0.5, 0.6) is 0 Å². The maximum Gasteiger partial charge on any atom is 0.201 e. The number of hydrogen-bond donors (Lipinski definition) is 1. The van der Waals surface area contributed by atoms with Crippen LogP contribution >= 0.6 is 12.6 Å². The molecule has 0 spiro atoms. The molecule has 9 heavy (non-hydrogen) atoms. The Morgan fingerprint density at radius 2 is 1.78 bits per heavy atom. The van der Waals surface area contributed by atoms with Crippen LogP contribution in [-0.2, 0) is 4.43 Å². The molecule has 56 valence electrons. The lowest BCUT2D eigenvalue weighted by molar-refractivity contribution is 0.398. The van der Waals surface area contributed by atoms with Crippen molar-refractivity contribution in [1.82, 2.24) is 0 Å². The van der Waals surface area contributed by atoms with Crippen molar-refractivity contribution in [1.29, 1.82) is 0 Å². The Bertz CT molecular complexity index is 55.9. The summed E-state index contributed by atoms with van der Waals surface area (Å²) >= 11 is 4.28. The van der Waals surface area contributed by atoms with Crippen LogP contribution in [0.15, 0.2) is 0 Å². The molecule has 0 amide bonds. The first-order valence-corrected chi connectivity index (χ1v) is 6.57. The quantitative estimate of drug-likeness (QED) is 0.494. The van der Waals surface area contributed by atoms with Crippen LogP contribution in [0.3, 0.4) is 0 Å². The van der Waals surface area contributed by atoms with Gasteiger partial charge in [0.15, 0.2) is 0 Å². The molecule has 0 radical (unpaired) electrons. The van der Waals surface area contributed by atoms with Crippen molar-refractivity contribution in [2.24, 2.45) is 0 Å². The first-order chi connectivity index (χ1) is 4.24. The van der Waals surface area contributed by atoms with Gasteiger partial charge >= 0.3 is 0 Å². The van der Waals surface area contributed by atoms with Gasteiger partial charge in [-0.05, 0) is 12.1 Å². The van der Waals surface area contributed by atoms with E-state index in [2.05, 4.69) is 26.5 Å². The van der Waals surface area contributed by atoms with Gasteiger partial charge in [0.1, 0.15) is 0 Å². The van der Waals surface area contributed by atoms with E-state index >= 15 is 0 Å². The highest BCUT2D eigenvalue weighted by Crippen LogP contribution is 2.16. The Kier molecular flexibility index (Phi) is 4.61. The highest BCUT2D eigenvalue weighted by Gasteiger charge is 2.27. The third-order valence-electron chi connectivity index (χ3n) is 2.01. The zero-order valence-corrected chi connectivity index (χ0v) is 8.37. The van der Waals surface area contributed by atoms with E-state index in [0.717, 1.165) is 5.38 Å². The van der Waals surface area contributed by atoms with E-state index in [-0.39, 0.29) is 0 Å². The van der Waals surface area contributed by atoms with Crippen LogP contribution in [0.25, 0.3) is 0 Å². The summed E-state index contributed by atoms with van der Waals surface area (Å²) in [5.74, 6) is 0. The molecule has 0 aromatic carbocycles. The number of thiol groups is 1. The van der Waals surface area contributed by atoms with Crippen LogP contribution in [0.4, 0.5) is 0 Å². The van der Waals surface area contributed by atoms with E-state index in [9.17, 15) is 0 Å². The third-order valence-corrected chi connectivity index (χ3v) is 7.76. The van der Waals surface area contributed by atoms with Gasteiger partial charge in [-0.3, -0.25) is 0 Å². The van der Waals surface area contributed by atoms with E-state index in [1.54, 1.807) is 0 Å². The molecule has 0 aliphatic heterocycles. The molecule has 0 saturated carbocycles. The number of rotatable bonds is 4. The highest BCUT2D eigenvalue weighted by molar-refractivity contribution is 7.82. The van der Waals surface area contributed by atoms with Gasteiger partial charge in [0.25, 0.3) is 0 Å². The predicted molar refractivity (Wildman–Crippen MR) is 47.6 cm³/mol. The van der Waals surface area contributed by atoms with E-state index < -0.39 is 8.32 Å². The minimum atomic E-state index is -1.33. The zero-order valence-electron chi connectivity index (χ0n) is 6.48. The topological polar surface area (TPSA) is 9.23 Å². The fourth-order valence-electron chi connectivity index (χ4n) is 0.827. The molecule has 0 aromatic heterocycles. The molecule has 0 aliphatic carbocycles. The van der Waals surface area contributed by atoms with Crippen LogP contribution in [0.2, 0.25) is 12.1 Å². The normalized spacial score (nSPS) is 12.0.